The molecule has 0 radical (unpaired) electrons. The summed E-state index contributed by atoms with van der Waals surface area (Å²) in [5.41, 5.74) is -2.62. The number of allylic oxidation sites excluding steroid dienone is 1. The first-order valence-corrected chi connectivity index (χ1v) is 9.23. The van der Waals surface area contributed by atoms with Crippen molar-refractivity contribution in [2.75, 3.05) is 0 Å². The normalized spacial score (nSPS) is 30.6. The van der Waals surface area contributed by atoms with Crippen LogP contribution in [0.2, 0.25) is 0 Å². The average molecular weight is 337 g/mol. The fourth-order valence-corrected chi connectivity index (χ4v) is 6.81. The minimum absolute atomic E-state index is 0.119. The predicted molar refractivity (Wildman–Crippen MR) is 72.7 cm³/mol. The van der Waals surface area contributed by atoms with E-state index in [1.165, 1.54) is 0 Å². The largest absolute Gasteiger partial charge is 0.442 e. The van der Waals surface area contributed by atoms with Crippen molar-refractivity contribution in [3.63, 3.8) is 0 Å². The van der Waals surface area contributed by atoms with Crippen LogP contribution in [0.4, 0.5) is 13.2 Å². The second-order valence-electron chi connectivity index (χ2n) is 4.85. The molecule has 1 heterocycles. The third kappa shape index (κ3) is 1.67. The van der Waals surface area contributed by atoms with Gasteiger partial charge >= 0.3 is 5.51 Å². The first-order chi connectivity index (χ1) is 8.34. The molecule has 2 aliphatic rings. The third-order valence-electron chi connectivity index (χ3n) is 3.39. The van der Waals surface area contributed by atoms with Gasteiger partial charge in [0.15, 0.2) is 0 Å². The van der Waals surface area contributed by atoms with E-state index >= 15 is 0 Å². The molecule has 5 heteroatoms. The fourth-order valence-electron chi connectivity index (χ4n) is 2.34. The molecule has 1 aromatic carbocycles. The molecule has 0 saturated heterocycles. The van der Waals surface area contributed by atoms with Gasteiger partial charge in [-0.3, -0.25) is 0 Å². The highest BCUT2D eigenvalue weighted by Gasteiger charge is 2.58. The van der Waals surface area contributed by atoms with Crippen molar-refractivity contribution >= 4 is 29.4 Å². The number of fused-ring (bicyclic) bond motifs is 1. The molecular formula is C13H12BrF3S. The Hall–Kier alpha value is -0.420. The van der Waals surface area contributed by atoms with Crippen molar-refractivity contribution in [2.24, 2.45) is 5.92 Å². The minimum Gasteiger partial charge on any atom is -0.160 e. The molecule has 1 atom stereocenters. The van der Waals surface area contributed by atoms with Crippen molar-refractivity contribution in [1.82, 2.24) is 0 Å². The number of halogens is 4. The summed E-state index contributed by atoms with van der Waals surface area (Å²) in [6.07, 6.45) is 3.52. The van der Waals surface area contributed by atoms with Gasteiger partial charge in [-0.2, -0.15) is 13.2 Å². The van der Waals surface area contributed by atoms with Crippen LogP contribution < -0.4 is 0 Å². The second-order valence-corrected chi connectivity index (χ2v) is 10.2. The molecule has 0 bridgehead atoms. The van der Waals surface area contributed by atoms with Crippen LogP contribution in [-0.4, -0.2) is 5.51 Å². The number of alkyl halides is 3. The number of hydrogen-bond acceptors (Lipinski definition) is 0. The highest BCUT2D eigenvalue weighted by atomic mass is 79.9. The lowest BCUT2D eigenvalue weighted by molar-refractivity contribution is -0.0356. The number of rotatable bonds is 1. The van der Waals surface area contributed by atoms with Crippen LogP contribution in [0.25, 0.3) is 6.08 Å². The summed E-state index contributed by atoms with van der Waals surface area (Å²) in [6.45, 7) is 1.83. The van der Waals surface area contributed by atoms with Gasteiger partial charge in [-0.15, -0.1) is 0 Å². The van der Waals surface area contributed by atoms with Crippen LogP contribution >= 0.6 is 23.3 Å². The molecule has 18 heavy (non-hydrogen) atoms. The molecule has 0 amide bonds. The van der Waals surface area contributed by atoms with Crippen LogP contribution in [0.1, 0.15) is 24.0 Å². The van der Waals surface area contributed by atoms with E-state index < -0.39 is 14.0 Å². The van der Waals surface area contributed by atoms with Crippen LogP contribution in [0.3, 0.4) is 0 Å². The van der Waals surface area contributed by atoms with Crippen molar-refractivity contribution in [2.45, 2.75) is 30.2 Å². The van der Waals surface area contributed by atoms with Gasteiger partial charge in [-0.25, -0.2) is 0 Å². The monoisotopic (exact) mass is 336 g/mol. The first kappa shape index (κ1) is 12.6. The zero-order chi connectivity index (χ0) is 13.1. The summed E-state index contributed by atoms with van der Waals surface area (Å²) in [7, 11) is -3.01. The molecule has 1 saturated carbocycles. The molecular weight excluding hydrogens is 325 g/mol. The SMILES string of the molecule is Cc1ccc2c(c1)S(Br)(C(F)(F)F)C(C1CC1)=C2. The van der Waals surface area contributed by atoms with Crippen molar-refractivity contribution in [1.29, 1.82) is 0 Å². The van der Waals surface area contributed by atoms with Gasteiger partial charge in [0, 0.05) is 4.90 Å². The van der Waals surface area contributed by atoms with E-state index in [1.807, 2.05) is 13.0 Å². The number of benzene rings is 1. The molecule has 1 aliphatic carbocycles. The Bertz CT molecular complexity index is 546. The van der Waals surface area contributed by atoms with Gasteiger partial charge in [0.25, 0.3) is 0 Å². The first-order valence-electron chi connectivity index (χ1n) is 5.75. The summed E-state index contributed by atoms with van der Waals surface area (Å²) < 4.78 is 40.6. The quantitative estimate of drug-likeness (QED) is 0.612. The summed E-state index contributed by atoms with van der Waals surface area (Å²) in [4.78, 5) is 0.993. The zero-order valence-corrected chi connectivity index (χ0v) is 12.1. The van der Waals surface area contributed by atoms with Crippen LogP contribution in [-0.2, 0) is 0 Å². The van der Waals surface area contributed by atoms with Gasteiger partial charge in [0.2, 0.25) is 0 Å². The van der Waals surface area contributed by atoms with Gasteiger partial charge in [0.1, 0.15) is 0 Å². The van der Waals surface area contributed by atoms with Crippen LogP contribution in [0.15, 0.2) is 28.0 Å². The lowest BCUT2D eigenvalue weighted by atomic mass is 10.1. The maximum atomic E-state index is 13.5. The Morgan fingerprint density at radius 1 is 1.28 bits per heavy atom. The topological polar surface area (TPSA) is 0 Å². The standard InChI is InChI=1S/C13H12BrF3S/c1-8-2-3-10-7-12(9-4-5-9)18(14,11(10)6-8)13(15,16)17/h2-3,6-7,9H,4-5H2,1H3. The van der Waals surface area contributed by atoms with Crippen molar-refractivity contribution in [3.05, 3.63) is 34.2 Å². The molecule has 98 valence electrons. The molecule has 1 aliphatic heterocycles. The smallest absolute Gasteiger partial charge is 0.160 e. The maximum Gasteiger partial charge on any atom is 0.442 e. The highest BCUT2D eigenvalue weighted by molar-refractivity contribution is 9.59. The van der Waals surface area contributed by atoms with Gasteiger partial charge in [0.05, 0.1) is 0 Å². The lowest BCUT2D eigenvalue weighted by Gasteiger charge is -2.35. The van der Waals surface area contributed by atoms with E-state index in [-0.39, 0.29) is 5.92 Å². The molecule has 0 aromatic heterocycles. The molecule has 1 aromatic rings. The van der Waals surface area contributed by atoms with E-state index in [1.54, 1.807) is 18.2 Å². The Morgan fingerprint density at radius 3 is 2.50 bits per heavy atom. The van der Waals surface area contributed by atoms with Gasteiger partial charge in [-0.05, 0) is 77.1 Å². The number of aryl methyl sites for hydroxylation is 1. The zero-order valence-electron chi connectivity index (χ0n) is 9.72. The second kappa shape index (κ2) is 3.79. The highest BCUT2D eigenvalue weighted by Crippen LogP contribution is 2.83. The molecule has 1 fully saturated rings. The summed E-state index contributed by atoms with van der Waals surface area (Å²) in [5, 5.41) is 0. The predicted octanol–water partition coefficient (Wildman–Crippen LogP) is 5.75. The van der Waals surface area contributed by atoms with Crippen LogP contribution in [0, 0.1) is 12.8 Å². The molecule has 0 spiro atoms. The van der Waals surface area contributed by atoms with E-state index in [9.17, 15) is 13.2 Å². The molecule has 1 unspecified atom stereocenters. The summed E-state index contributed by atoms with van der Waals surface area (Å²) in [6, 6.07) is 5.35. The lowest BCUT2D eigenvalue weighted by Crippen LogP contribution is -2.16. The average Bonchev–Trinajstić information content (AvgIpc) is 3.05. The maximum absolute atomic E-state index is 13.5. The Balaban J connectivity index is 2.21. The molecule has 0 N–H and O–H groups in total. The summed E-state index contributed by atoms with van der Waals surface area (Å²) in [5.74, 6) is 0.119. The summed E-state index contributed by atoms with van der Waals surface area (Å²) >= 11 is 3.10. The van der Waals surface area contributed by atoms with E-state index in [0.717, 1.165) is 24.0 Å². The Labute approximate surface area is 113 Å². The van der Waals surface area contributed by atoms with Gasteiger partial charge in [-0.1, -0.05) is 12.1 Å². The Morgan fingerprint density at radius 2 is 1.94 bits per heavy atom. The van der Waals surface area contributed by atoms with E-state index in [2.05, 4.69) is 14.8 Å². The van der Waals surface area contributed by atoms with E-state index in [4.69, 9.17) is 0 Å². The number of hydrogen-bond donors (Lipinski definition) is 0. The van der Waals surface area contributed by atoms with Crippen LogP contribution in [0.5, 0.6) is 0 Å². The Kier molecular flexibility index (Phi) is 2.66. The van der Waals surface area contributed by atoms with Crippen molar-refractivity contribution in [3.8, 4) is 0 Å². The van der Waals surface area contributed by atoms with Gasteiger partial charge < -0.3 is 0 Å². The molecule has 3 rings (SSSR count). The van der Waals surface area contributed by atoms with E-state index in [0.29, 0.717) is 9.80 Å². The molecule has 0 nitrogen and oxygen atoms in total. The van der Waals surface area contributed by atoms with Crippen molar-refractivity contribution < 1.29 is 13.2 Å². The minimum atomic E-state index is -4.22. The third-order valence-corrected chi connectivity index (χ3v) is 9.36. The fraction of sp³-hybridized carbons (Fsp3) is 0.385.